The Morgan fingerprint density at radius 2 is 1.81 bits per heavy atom. The van der Waals surface area contributed by atoms with Gasteiger partial charge in [0.25, 0.3) is 5.91 Å². The summed E-state index contributed by atoms with van der Waals surface area (Å²) in [5, 5.41) is 10.5. The predicted octanol–water partition coefficient (Wildman–Crippen LogP) is 2.60. The van der Waals surface area contributed by atoms with Gasteiger partial charge < -0.3 is 15.0 Å². The lowest BCUT2D eigenvalue weighted by atomic mass is 10.1. The molecule has 2 N–H and O–H groups in total. The number of carbonyl (C=O) groups is 2. The number of piperazine rings is 1. The van der Waals surface area contributed by atoms with Crippen LogP contribution in [-0.4, -0.2) is 71.1 Å². The van der Waals surface area contributed by atoms with Gasteiger partial charge in [-0.3, -0.25) is 19.6 Å². The van der Waals surface area contributed by atoms with E-state index in [1.165, 1.54) is 5.56 Å². The number of fused-ring (bicyclic) bond motifs is 1. The van der Waals surface area contributed by atoms with Gasteiger partial charge in [0.15, 0.2) is 5.69 Å². The van der Waals surface area contributed by atoms with E-state index in [-0.39, 0.29) is 17.9 Å². The number of amides is 2. The first-order valence-corrected chi connectivity index (χ1v) is 10.9. The summed E-state index contributed by atoms with van der Waals surface area (Å²) in [6, 6.07) is 15.1. The van der Waals surface area contributed by atoms with E-state index < -0.39 is 6.04 Å². The predicted molar refractivity (Wildman–Crippen MR) is 123 cm³/mol. The van der Waals surface area contributed by atoms with Crippen LogP contribution in [0.3, 0.4) is 0 Å². The molecular weight excluding hydrogens is 406 g/mol. The van der Waals surface area contributed by atoms with Gasteiger partial charge in [-0.2, -0.15) is 5.10 Å². The molecule has 8 heteroatoms. The van der Waals surface area contributed by atoms with Gasteiger partial charge in [-0.1, -0.05) is 30.3 Å². The molecule has 1 aromatic heterocycles. The normalized spacial score (nSPS) is 16.5. The van der Waals surface area contributed by atoms with Gasteiger partial charge in [-0.15, -0.1) is 0 Å². The minimum Gasteiger partial charge on any atom is -0.497 e. The molecule has 0 saturated carbocycles. The van der Waals surface area contributed by atoms with Crippen molar-refractivity contribution in [1.29, 1.82) is 0 Å². The van der Waals surface area contributed by atoms with E-state index in [9.17, 15) is 9.59 Å². The third-order valence-corrected chi connectivity index (χ3v) is 6.15. The molecule has 1 fully saturated rings. The molecule has 1 aliphatic rings. The van der Waals surface area contributed by atoms with E-state index in [4.69, 9.17) is 4.74 Å². The van der Waals surface area contributed by atoms with Crippen molar-refractivity contribution in [2.75, 3.05) is 33.3 Å². The number of para-hydroxylation sites is 1. The van der Waals surface area contributed by atoms with E-state index in [0.29, 0.717) is 18.8 Å². The Balaban J connectivity index is 1.33. The summed E-state index contributed by atoms with van der Waals surface area (Å²) >= 11 is 0. The van der Waals surface area contributed by atoms with E-state index in [0.717, 1.165) is 29.7 Å². The number of hydrogen-bond acceptors (Lipinski definition) is 5. The first kappa shape index (κ1) is 21.8. The van der Waals surface area contributed by atoms with E-state index in [1.807, 2.05) is 41.3 Å². The topological polar surface area (TPSA) is 90.6 Å². The smallest absolute Gasteiger partial charge is 0.273 e. The summed E-state index contributed by atoms with van der Waals surface area (Å²) in [4.78, 5) is 29.8. The second-order valence-electron chi connectivity index (χ2n) is 8.13. The number of ether oxygens (including phenoxy) is 1. The molecule has 4 rings (SSSR count). The number of hydrogen-bond donors (Lipinski definition) is 2. The third kappa shape index (κ3) is 4.45. The highest BCUT2D eigenvalue weighted by molar-refractivity contribution is 6.05. The SMILES string of the molecule is COc1cccc(C(C)N2CCN(C(=O)C(C)NC(=O)c3n[nH]c4ccccc34)CC2)c1. The highest BCUT2D eigenvalue weighted by Gasteiger charge is 2.29. The van der Waals surface area contributed by atoms with Crippen LogP contribution in [0.1, 0.15) is 35.9 Å². The molecule has 2 unspecified atom stereocenters. The van der Waals surface area contributed by atoms with Gasteiger partial charge in [-0.25, -0.2) is 0 Å². The standard InChI is InChI=1S/C24H29N5O3/c1-16(25-23(30)22-20-9-4-5-10-21(20)26-27-22)24(31)29-13-11-28(12-14-29)17(2)18-7-6-8-19(15-18)32-3/h4-10,15-17H,11-14H2,1-3H3,(H,25,30)(H,26,27). The number of aromatic amines is 1. The molecule has 2 amide bonds. The Hall–Kier alpha value is -3.39. The molecule has 2 heterocycles. The number of methoxy groups -OCH3 is 1. The minimum absolute atomic E-state index is 0.0770. The first-order valence-electron chi connectivity index (χ1n) is 10.9. The second kappa shape index (κ2) is 9.40. The number of H-pyrrole nitrogens is 1. The van der Waals surface area contributed by atoms with Crippen LogP contribution < -0.4 is 10.1 Å². The molecule has 3 aromatic rings. The van der Waals surface area contributed by atoms with Gasteiger partial charge >= 0.3 is 0 Å². The summed E-state index contributed by atoms with van der Waals surface area (Å²) in [6.07, 6.45) is 0. The molecule has 1 saturated heterocycles. The first-order chi connectivity index (χ1) is 15.5. The van der Waals surface area contributed by atoms with Gasteiger partial charge in [-0.05, 0) is 37.6 Å². The Labute approximate surface area is 187 Å². The molecule has 0 bridgehead atoms. The van der Waals surface area contributed by atoms with Crippen LogP contribution in [0.25, 0.3) is 10.9 Å². The van der Waals surface area contributed by atoms with Crippen molar-refractivity contribution in [2.24, 2.45) is 0 Å². The van der Waals surface area contributed by atoms with Gasteiger partial charge in [0.2, 0.25) is 5.91 Å². The van der Waals surface area contributed by atoms with Gasteiger partial charge in [0.1, 0.15) is 11.8 Å². The maximum atomic E-state index is 12.9. The van der Waals surface area contributed by atoms with Crippen LogP contribution in [0.15, 0.2) is 48.5 Å². The number of aromatic nitrogens is 2. The number of benzene rings is 2. The number of nitrogens with zero attached hydrogens (tertiary/aromatic N) is 3. The number of carbonyl (C=O) groups excluding carboxylic acids is 2. The summed E-state index contributed by atoms with van der Waals surface area (Å²) in [5.41, 5.74) is 2.28. The fourth-order valence-corrected chi connectivity index (χ4v) is 4.18. The van der Waals surface area contributed by atoms with E-state index in [1.54, 1.807) is 14.0 Å². The Bertz CT molecular complexity index is 1100. The van der Waals surface area contributed by atoms with Crippen molar-refractivity contribution >= 4 is 22.7 Å². The van der Waals surface area contributed by atoms with Crippen molar-refractivity contribution in [1.82, 2.24) is 25.3 Å². The zero-order chi connectivity index (χ0) is 22.7. The molecule has 0 aliphatic carbocycles. The molecule has 0 radical (unpaired) electrons. The van der Waals surface area contributed by atoms with Crippen LogP contribution in [0, 0.1) is 0 Å². The molecule has 8 nitrogen and oxygen atoms in total. The lowest BCUT2D eigenvalue weighted by Gasteiger charge is -2.39. The molecule has 1 aliphatic heterocycles. The molecular formula is C24H29N5O3. The maximum absolute atomic E-state index is 12.9. The van der Waals surface area contributed by atoms with Crippen molar-refractivity contribution < 1.29 is 14.3 Å². The van der Waals surface area contributed by atoms with Crippen LogP contribution in [0.4, 0.5) is 0 Å². The summed E-state index contributed by atoms with van der Waals surface area (Å²) in [6.45, 7) is 6.69. The van der Waals surface area contributed by atoms with Crippen molar-refractivity contribution in [3.63, 3.8) is 0 Å². The summed E-state index contributed by atoms with van der Waals surface area (Å²) in [7, 11) is 1.67. The van der Waals surface area contributed by atoms with Crippen molar-refractivity contribution in [3.8, 4) is 5.75 Å². The highest BCUT2D eigenvalue weighted by Crippen LogP contribution is 2.25. The minimum atomic E-state index is -0.625. The molecule has 32 heavy (non-hydrogen) atoms. The fraction of sp³-hybridized carbons (Fsp3) is 0.375. The van der Waals surface area contributed by atoms with Crippen molar-refractivity contribution in [2.45, 2.75) is 25.9 Å². The Morgan fingerprint density at radius 1 is 1.06 bits per heavy atom. The van der Waals surface area contributed by atoms with Gasteiger partial charge in [0, 0.05) is 37.6 Å². The lowest BCUT2D eigenvalue weighted by molar-refractivity contribution is -0.134. The van der Waals surface area contributed by atoms with Gasteiger partial charge in [0.05, 0.1) is 12.6 Å². The van der Waals surface area contributed by atoms with Crippen LogP contribution in [0.2, 0.25) is 0 Å². The maximum Gasteiger partial charge on any atom is 0.273 e. The molecule has 168 valence electrons. The third-order valence-electron chi connectivity index (χ3n) is 6.15. The van der Waals surface area contributed by atoms with Crippen LogP contribution in [-0.2, 0) is 4.79 Å². The fourth-order valence-electron chi connectivity index (χ4n) is 4.18. The average Bonchev–Trinajstić information content (AvgIpc) is 3.27. The molecule has 0 spiro atoms. The lowest BCUT2D eigenvalue weighted by Crippen LogP contribution is -2.54. The van der Waals surface area contributed by atoms with Crippen molar-refractivity contribution in [3.05, 3.63) is 59.8 Å². The number of rotatable bonds is 6. The highest BCUT2D eigenvalue weighted by atomic mass is 16.5. The molecule has 2 aromatic carbocycles. The largest absolute Gasteiger partial charge is 0.497 e. The summed E-state index contributed by atoms with van der Waals surface area (Å²) < 4.78 is 5.34. The summed E-state index contributed by atoms with van der Waals surface area (Å²) in [5.74, 6) is 0.415. The molecule has 2 atom stereocenters. The van der Waals surface area contributed by atoms with E-state index >= 15 is 0 Å². The quantitative estimate of drug-likeness (QED) is 0.621. The monoisotopic (exact) mass is 435 g/mol. The van der Waals surface area contributed by atoms with E-state index in [2.05, 4.69) is 39.5 Å². The number of nitrogens with one attached hydrogen (secondary N) is 2. The average molecular weight is 436 g/mol. The van der Waals surface area contributed by atoms with Crippen LogP contribution >= 0.6 is 0 Å². The second-order valence-corrected chi connectivity index (χ2v) is 8.13. The zero-order valence-corrected chi connectivity index (χ0v) is 18.7. The Morgan fingerprint density at radius 3 is 2.56 bits per heavy atom. The zero-order valence-electron chi connectivity index (χ0n) is 18.7. The van der Waals surface area contributed by atoms with Crippen LogP contribution in [0.5, 0.6) is 5.75 Å². The Kier molecular flexibility index (Phi) is 6.41.